The number of β-amino-alcohol motifs (C(OH)–C–C–N with tert-alkyl or cyclic N) is 1. The molecule has 198 valence electrons. The molecule has 0 aromatic rings. The Kier molecular flexibility index (Phi) is 13.4. The molecule has 1 aliphatic rings. The summed E-state index contributed by atoms with van der Waals surface area (Å²) < 4.78 is 0. The number of primary amides is 1. The van der Waals surface area contributed by atoms with Crippen molar-refractivity contribution in [3.05, 3.63) is 0 Å². The molecule has 1 aliphatic heterocycles. The van der Waals surface area contributed by atoms with E-state index in [-0.39, 0.29) is 24.8 Å². The molecule has 11 heteroatoms. The summed E-state index contributed by atoms with van der Waals surface area (Å²) in [5.41, 5.74) is 4.37. The lowest BCUT2D eigenvalue weighted by Gasteiger charge is -2.36. The summed E-state index contributed by atoms with van der Waals surface area (Å²) in [4.78, 5) is 45.4. The number of nitrogens with two attached hydrogens (primary N) is 1. The Hall–Kier alpha value is -1.40. The van der Waals surface area contributed by atoms with Crippen LogP contribution in [0.1, 0.15) is 40.0 Å². The van der Waals surface area contributed by atoms with Crippen LogP contribution in [-0.2, 0) is 14.4 Å². The van der Waals surface area contributed by atoms with Gasteiger partial charge < -0.3 is 25.7 Å². The quantitative estimate of drug-likeness (QED) is 0.253. The summed E-state index contributed by atoms with van der Waals surface area (Å²) in [5, 5.41) is 19.3. The van der Waals surface area contributed by atoms with Crippen LogP contribution in [0.4, 0.5) is 0 Å². The number of likely N-dealkylation sites (N-methyl/N-ethyl adjacent to an activating group) is 2. The van der Waals surface area contributed by atoms with Gasteiger partial charge in [-0.15, -0.1) is 0 Å². The second-order valence-electron chi connectivity index (χ2n) is 9.64. The molecular weight excluding hydrogens is 458 g/mol. The molecule has 3 amide bonds. The number of nitrogens with zero attached hydrogens (tertiary/aromatic N) is 4. The molecule has 0 radical (unpaired) electrons. The monoisotopic (exact) mass is 503 g/mol. The van der Waals surface area contributed by atoms with Gasteiger partial charge in [-0.2, -0.15) is 11.8 Å². The fourth-order valence-electron chi connectivity index (χ4n) is 3.97. The van der Waals surface area contributed by atoms with Gasteiger partial charge >= 0.3 is 0 Å². The van der Waals surface area contributed by atoms with Gasteiger partial charge in [0.05, 0.1) is 12.2 Å². The molecule has 4 N–H and O–H groups in total. The van der Waals surface area contributed by atoms with E-state index in [2.05, 4.69) is 9.80 Å². The first-order chi connectivity index (χ1) is 15.9. The third-order valence-corrected chi connectivity index (χ3v) is 7.18. The maximum atomic E-state index is 13.4. The first-order valence-corrected chi connectivity index (χ1v) is 13.2. The van der Waals surface area contributed by atoms with Gasteiger partial charge in [0.25, 0.3) is 0 Å². The Balaban J connectivity index is 2.78. The van der Waals surface area contributed by atoms with Gasteiger partial charge in [0.2, 0.25) is 17.7 Å². The summed E-state index contributed by atoms with van der Waals surface area (Å²) in [5.74, 6) is 0.0603. The smallest absolute Gasteiger partial charge is 0.246 e. The topological polar surface area (TPSA) is 131 Å². The zero-order valence-corrected chi connectivity index (χ0v) is 22.4. The third kappa shape index (κ3) is 10.5. The number of rotatable bonds is 15. The number of thioether (sulfide) groups is 1. The van der Waals surface area contributed by atoms with Crippen LogP contribution in [-0.4, -0.2) is 137 Å². The zero-order valence-electron chi connectivity index (χ0n) is 21.5. The zero-order chi connectivity index (χ0) is 25.9. The number of hydrogen-bond acceptors (Lipinski definition) is 8. The number of carbonyl (C=O) groups excluding carboxylic acids is 3. The average molecular weight is 504 g/mol. The summed E-state index contributed by atoms with van der Waals surface area (Å²) in [6.07, 6.45) is 1.03. The lowest BCUT2D eigenvalue weighted by Crippen LogP contribution is -2.56. The molecular formula is C23H45N5O5S. The Labute approximate surface area is 208 Å². The van der Waals surface area contributed by atoms with E-state index in [0.29, 0.717) is 25.1 Å². The van der Waals surface area contributed by atoms with Crippen LogP contribution < -0.4 is 5.73 Å². The minimum Gasteiger partial charge on any atom is -0.395 e. The highest BCUT2D eigenvalue weighted by atomic mass is 32.2. The largest absolute Gasteiger partial charge is 0.395 e. The fourth-order valence-corrected chi connectivity index (χ4v) is 5.11. The predicted molar refractivity (Wildman–Crippen MR) is 135 cm³/mol. The Morgan fingerprint density at radius 3 is 2.06 bits per heavy atom. The van der Waals surface area contributed by atoms with Gasteiger partial charge in [0, 0.05) is 77.7 Å². The van der Waals surface area contributed by atoms with E-state index in [1.807, 2.05) is 6.92 Å². The lowest BCUT2D eigenvalue weighted by molar-refractivity contribution is -0.147. The molecule has 1 fully saturated rings. The second-order valence-corrected chi connectivity index (χ2v) is 10.8. The maximum absolute atomic E-state index is 13.4. The number of piperazine rings is 1. The molecule has 34 heavy (non-hydrogen) atoms. The van der Waals surface area contributed by atoms with Crippen molar-refractivity contribution in [1.29, 1.82) is 0 Å². The van der Waals surface area contributed by atoms with Crippen molar-refractivity contribution >= 4 is 29.5 Å². The van der Waals surface area contributed by atoms with Crippen LogP contribution in [0, 0.1) is 0 Å². The van der Waals surface area contributed by atoms with E-state index in [1.54, 1.807) is 32.7 Å². The van der Waals surface area contributed by atoms with E-state index in [1.165, 1.54) is 16.8 Å². The summed E-state index contributed by atoms with van der Waals surface area (Å²) in [6.45, 7) is 10.6. The number of aliphatic hydroxyl groups is 2. The van der Waals surface area contributed by atoms with Gasteiger partial charge in [0.1, 0.15) is 12.1 Å². The van der Waals surface area contributed by atoms with Gasteiger partial charge in [0.15, 0.2) is 0 Å². The van der Waals surface area contributed by atoms with Gasteiger partial charge in [-0.25, -0.2) is 0 Å². The van der Waals surface area contributed by atoms with Crippen LogP contribution in [0.3, 0.4) is 0 Å². The van der Waals surface area contributed by atoms with Crippen molar-refractivity contribution in [2.75, 3.05) is 71.5 Å². The summed E-state index contributed by atoms with van der Waals surface area (Å²) in [7, 11) is 3.13. The molecule has 1 rings (SSSR count). The molecule has 0 aromatic heterocycles. The first-order valence-electron chi connectivity index (χ1n) is 12.1. The molecule has 0 aromatic carbocycles. The molecule has 0 saturated carbocycles. The predicted octanol–water partition coefficient (Wildman–Crippen LogP) is -0.570. The van der Waals surface area contributed by atoms with Gasteiger partial charge in [-0.1, -0.05) is 6.92 Å². The minimum absolute atomic E-state index is 0.0132. The number of hydrogen-bond donors (Lipinski definition) is 3. The highest BCUT2D eigenvalue weighted by molar-refractivity contribution is 7.99. The average Bonchev–Trinajstić information content (AvgIpc) is 2.77. The second kappa shape index (κ2) is 14.9. The van der Waals surface area contributed by atoms with E-state index in [4.69, 9.17) is 10.8 Å². The molecule has 2 atom stereocenters. The van der Waals surface area contributed by atoms with Crippen LogP contribution in [0.2, 0.25) is 0 Å². The van der Waals surface area contributed by atoms with Crippen molar-refractivity contribution in [1.82, 2.24) is 19.6 Å². The SMILES string of the molecule is CCCC(=O)N(C)[C@H](CSCCN1CCN(CCO)CC1)C(=O)N(C)[C@@H](CC(C)(C)O)C(N)=O. The van der Waals surface area contributed by atoms with E-state index < -0.39 is 23.6 Å². The van der Waals surface area contributed by atoms with Crippen LogP contribution >= 0.6 is 11.8 Å². The highest BCUT2D eigenvalue weighted by Gasteiger charge is 2.36. The Morgan fingerprint density at radius 1 is 1.03 bits per heavy atom. The lowest BCUT2D eigenvalue weighted by atomic mass is 9.97. The fraction of sp³-hybridized carbons (Fsp3) is 0.870. The van der Waals surface area contributed by atoms with Gasteiger partial charge in [-0.3, -0.25) is 24.2 Å². The van der Waals surface area contributed by atoms with Crippen LogP contribution in [0.15, 0.2) is 0 Å². The van der Waals surface area contributed by atoms with Crippen molar-refractivity contribution in [2.45, 2.75) is 57.7 Å². The molecule has 1 saturated heterocycles. The van der Waals surface area contributed by atoms with Crippen molar-refractivity contribution < 1.29 is 24.6 Å². The van der Waals surface area contributed by atoms with Gasteiger partial charge in [-0.05, 0) is 20.3 Å². The Morgan fingerprint density at radius 2 is 1.59 bits per heavy atom. The minimum atomic E-state index is -1.18. The standard InChI is InChI=1S/C23H45N5O5S/c1-6-7-20(30)25(4)19(22(32)26(5)18(21(24)31)16-23(2,3)33)17-34-15-13-28-10-8-27(9-11-28)12-14-29/h18-19,29,33H,6-17H2,1-5H3,(H2,24,31)/t18-,19+/m0/s1. The summed E-state index contributed by atoms with van der Waals surface area (Å²) in [6, 6.07) is -1.69. The van der Waals surface area contributed by atoms with Crippen LogP contribution in [0.5, 0.6) is 0 Å². The molecule has 0 bridgehead atoms. The molecule has 0 aliphatic carbocycles. The molecule has 1 heterocycles. The summed E-state index contributed by atoms with van der Waals surface area (Å²) >= 11 is 1.61. The van der Waals surface area contributed by atoms with E-state index in [0.717, 1.165) is 38.5 Å². The third-order valence-electron chi connectivity index (χ3n) is 6.15. The first kappa shape index (κ1) is 30.6. The van der Waals surface area contributed by atoms with Crippen molar-refractivity contribution in [3.63, 3.8) is 0 Å². The Bertz CT molecular complexity index is 652. The number of carbonyl (C=O) groups is 3. The highest BCUT2D eigenvalue weighted by Crippen LogP contribution is 2.19. The maximum Gasteiger partial charge on any atom is 0.246 e. The molecule has 0 unspecified atom stereocenters. The normalized spacial score (nSPS) is 17.3. The molecule has 10 nitrogen and oxygen atoms in total. The molecule has 0 spiro atoms. The van der Waals surface area contributed by atoms with E-state index >= 15 is 0 Å². The number of amides is 3. The van der Waals surface area contributed by atoms with E-state index in [9.17, 15) is 19.5 Å². The van der Waals surface area contributed by atoms with Crippen LogP contribution in [0.25, 0.3) is 0 Å². The number of aliphatic hydroxyl groups excluding tert-OH is 1. The van der Waals surface area contributed by atoms with Crippen molar-refractivity contribution in [3.8, 4) is 0 Å². The van der Waals surface area contributed by atoms with Crippen molar-refractivity contribution in [2.24, 2.45) is 5.73 Å².